The van der Waals surface area contributed by atoms with Gasteiger partial charge in [-0.05, 0) is 31.7 Å². The van der Waals surface area contributed by atoms with Crippen LogP contribution in [0.15, 0.2) is 24.3 Å². The Labute approximate surface area is 108 Å². The summed E-state index contributed by atoms with van der Waals surface area (Å²) in [5.74, 6) is -0.171. The number of carbonyl (C=O) groups excluding carboxylic acids is 1. The molecule has 18 heavy (non-hydrogen) atoms. The number of esters is 1. The lowest BCUT2D eigenvalue weighted by atomic mass is 10.1. The van der Waals surface area contributed by atoms with Crippen LogP contribution in [-0.4, -0.2) is 31.1 Å². The van der Waals surface area contributed by atoms with Gasteiger partial charge in [0, 0.05) is 13.1 Å². The smallest absolute Gasteiger partial charge is 0.307 e. The average Bonchev–Trinajstić information content (AvgIpc) is 2.37. The number of hydrogen-bond donors (Lipinski definition) is 0. The van der Waals surface area contributed by atoms with Crippen molar-refractivity contribution < 1.29 is 9.53 Å². The minimum Gasteiger partial charge on any atom is -0.466 e. The fourth-order valence-corrected chi connectivity index (χ4v) is 1.65. The highest BCUT2D eigenvalue weighted by atomic mass is 16.5. The third-order valence-corrected chi connectivity index (χ3v) is 2.51. The lowest BCUT2D eigenvalue weighted by molar-refractivity contribution is -0.143. The van der Waals surface area contributed by atoms with E-state index >= 15 is 0 Å². The highest BCUT2D eigenvalue weighted by Gasteiger charge is 2.06. The molecule has 0 heterocycles. The highest BCUT2D eigenvalue weighted by Crippen LogP contribution is 2.07. The van der Waals surface area contributed by atoms with Gasteiger partial charge in [-0.1, -0.05) is 12.1 Å². The second-order valence-electron chi connectivity index (χ2n) is 4.10. The zero-order valence-corrected chi connectivity index (χ0v) is 10.8. The van der Waals surface area contributed by atoms with Gasteiger partial charge in [0.25, 0.3) is 0 Å². The summed E-state index contributed by atoms with van der Waals surface area (Å²) < 4.78 is 4.87. The number of nitriles is 1. The van der Waals surface area contributed by atoms with Gasteiger partial charge in [0.15, 0.2) is 0 Å². The summed E-state index contributed by atoms with van der Waals surface area (Å²) >= 11 is 0. The van der Waals surface area contributed by atoms with Gasteiger partial charge in [0.1, 0.15) is 0 Å². The predicted octanol–water partition coefficient (Wildman–Crippen LogP) is 1.94. The number of ether oxygens (including phenoxy) is 1. The number of nitrogens with zero attached hydrogens (tertiary/aromatic N) is 2. The van der Waals surface area contributed by atoms with E-state index in [9.17, 15) is 4.79 Å². The van der Waals surface area contributed by atoms with Crippen LogP contribution in [0.1, 0.15) is 24.5 Å². The maximum atomic E-state index is 11.2. The Morgan fingerprint density at radius 2 is 2.28 bits per heavy atom. The SMILES string of the molecule is CCOC(=O)CCN(C)Cc1cccc(C#N)c1. The Morgan fingerprint density at radius 3 is 2.94 bits per heavy atom. The van der Waals surface area contributed by atoms with Gasteiger partial charge in [-0.3, -0.25) is 4.79 Å². The fourth-order valence-electron chi connectivity index (χ4n) is 1.65. The molecule has 0 aliphatic carbocycles. The molecule has 0 radical (unpaired) electrons. The van der Waals surface area contributed by atoms with Crippen LogP contribution < -0.4 is 0 Å². The van der Waals surface area contributed by atoms with Gasteiger partial charge >= 0.3 is 5.97 Å². The molecule has 4 heteroatoms. The van der Waals surface area contributed by atoms with E-state index in [0.29, 0.717) is 25.1 Å². The van der Waals surface area contributed by atoms with Crippen molar-refractivity contribution in [1.29, 1.82) is 5.26 Å². The minimum atomic E-state index is -0.171. The van der Waals surface area contributed by atoms with E-state index in [0.717, 1.165) is 12.1 Å². The highest BCUT2D eigenvalue weighted by molar-refractivity contribution is 5.69. The molecule has 0 saturated carbocycles. The van der Waals surface area contributed by atoms with Crippen LogP contribution in [0.4, 0.5) is 0 Å². The first-order valence-electron chi connectivity index (χ1n) is 5.99. The van der Waals surface area contributed by atoms with Crippen molar-refractivity contribution in [3.05, 3.63) is 35.4 Å². The van der Waals surface area contributed by atoms with E-state index in [2.05, 4.69) is 6.07 Å². The van der Waals surface area contributed by atoms with Crippen LogP contribution in [0.3, 0.4) is 0 Å². The first-order chi connectivity index (χ1) is 8.65. The van der Waals surface area contributed by atoms with E-state index in [-0.39, 0.29) is 5.97 Å². The van der Waals surface area contributed by atoms with Gasteiger partial charge in [-0.2, -0.15) is 5.26 Å². The zero-order chi connectivity index (χ0) is 13.4. The van der Waals surface area contributed by atoms with E-state index < -0.39 is 0 Å². The molecular weight excluding hydrogens is 228 g/mol. The number of hydrogen-bond acceptors (Lipinski definition) is 4. The van der Waals surface area contributed by atoms with Gasteiger partial charge in [0.2, 0.25) is 0 Å². The topological polar surface area (TPSA) is 53.3 Å². The molecule has 96 valence electrons. The normalized spacial score (nSPS) is 10.1. The summed E-state index contributed by atoms with van der Waals surface area (Å²) in [6, 6.07) is 9.60. The van der Waals surface area contributed by atoms with Crippen LogP contribution in [-0.2, 0) is 16.1 Å². The van der Waals surface area contributed by atoms with Crippen molar-refractivity contribution in [3.8, 4) is 6.07 Å². The molecule has 0 spiro atoms. The molecule has 0 amide bonds. The Hall–Kier alpha value is -1.86. The third kappa shape index (κ3) is 4.98. The summed E-state index contributed by atoms with van der Waals surface area (Å²) in [6.07, 6.45) is 0.391. The van der Waals surface area contributed by atoms with Gasteiger partial charge < -0.3 is 9.64 Å². The van der Waals surface area contributed by atoms with E-state index in [1.807, 2.05) is 30.1 Å². The molecule has 0 atom stereocenters. The lowest BCUT2D eigenvalue weighted by Crippen LogP contribution is -2.22. The lowest BCUT2D eigenvalue weighted by Gasteiger charge is -2.16. The van der Waals surface area contributed by atoms with Crippen LogP contribution in [0.2, 0.25) is 0 Å². The number of carbonyl (C=O) groups is 1. The van der Waals surface area contributed by atoms with Gasteiger partial charge in [0.05, 0.1) is 24.7 Å². The van der Waals surface area contributed by atoms with E-state index in [4.69, 9.17) is 10.00 Å². The predicted molar refractivity (Wildman–Crippen MR) is 68.7 cm³/mol. The largest absolute Gasteiger partial charge is 0.466 e. The first-order valence-corrected chi connectivity index (χ1v) is 5.99. The van der Waals surface area contributed by atoms with Crippen molar-refractivity contribution in [3.63, 3.8) is 0 Å². The van der Waals surface area contributed by atoms with Crippen LogP contribution in [0.5, 0.6) is 0 Å². The second kappa shape index (κ2) is 7.46. The molecule has 0 aromatic heterocycles. The van der Waals surface area contributed by atoms with E-state index in [1.54, 1.807) is 13.0 Å². The van der Waals surface area contributed by atoms with Crippen molar-refractivity contribution in [1.82, 2.24) is 4.90 Å². The zero-order valence-electron chi connectivity index (χ0n) is 10.8. The van der Waals surface area contributed by atoms with Crippen molar-refractivity contribution in [2.45, 2.75) is 19.9 Å². The van der Waals surface area contributed by atoms with Crippen molar-refractivity contribution >= 4 is 5.97 Å². The molecule has 4 nitrogen and oxygen atoms in total. The molecule has 0 N–H and O–H groups in total. The minimum absolute atomic E-state index is 0.171. The Kier molecular flexibility index (Phi) is 5.89. The Balaban J connectivity index is 2.42. The Bertz CT molecular complexity index is 438. The molecule has 0 bridgehead atoms. The standard InChI is InChI=1S/C14H18N2O2/c1-3-18-14(17)7-8-16(2)11-13-6-4-5-12(9-13)10-15/h4-6,9H,3,7-8,11H2,1-2H3. The molecule has 0 fully saturated rings. The second-order valence-corrected chi connectivity index (χ2v) is 4.10. The van der Waals surface area contributed by atoms with Crippen molar-refractivity contribution in [2.75, 3.05) is 20.2 Å². The molecule has 1 aromatic carbocycles. The third-order valence-electron chi connectivity index (χ3n) is 2.51. The number of benzene rings is 1. The van der Waals surface area contributed by atoms with Gasteiger partial charge in [-0.25, -0.2) is 0 Å². The average molecular weight is 246 g/mol. The van der Waals surface area contributed by atoms with Crippen molar-refractivity contribution in [2.24, 2.45) is 0 Å². The molecule has 0 saturated heterocycles. The van der Waals surface area contributed by atoms with Crippen LogP contribution in [0.25, 0.3) is 0 Å². The Morgan fingerprint density at radius 1 is 1.50 bits per heavy atom. The van der Waals surface area contributed by atoms with Crippen LogP contribution in [0, 0.1) is 11.3 Å². The fraction of sp³-hybridized carbons (Fsp3) is 0.429. The molecule has 1 aromatic rings. The quantitative estimate of drug-likeness (QED) is 0.720. The van der Waals surface area contributed by atoms with Crippen LogP contribution >= 0.6 is 0 Å². The maximum absolute atomic E-state index is 11.2. The summed E-state index contributed by atoms with van der Waals surface area (Å²) in [4.78, 5) is 13.2. The summed E-state index contributed by atoms with van der Waals surface area (Å²) in [7, 11) is 1.94. The summed E-state index contributed by atoms with van der Waals surface area (Å²) in [6.45, 7) is 3.59. The first kappa shape index (κ1) is 14.2. The molecule has 0 unspecified atom stereocenters. The number of rotatable bonds is 6. The summed E-state index contributed by atoms with van der Waals surface area (Å²) in [5, 5.41) is 8.81. The molecule has 0 aliphatic heterocycles. The molecule has 0 aliphatic rings. The maximum Gasteiger partial charge on any atom is 0.307 e. The molecular formula is C14H18N2O2. The van der Waals surface area contributed by atoms with E-state index in [1.165, 1.54) is 0 Å². The molecule has 1 rings (SSSR count). The van der Waals surface area contributed by atoms with Gasteiger partial charge in [-0.15, -0.1) is 0 Å². The summed E-state index contributed by atoms with van der Waals surface area (Å²) in [5.41, 5.74) is 1.73. The monoisotopic (exact) mass is 246 g/mol.